The van der Waals surface area contributed by atoms with Crippen molar-refractivity contribution in [3.8, 4) is 0 Å². The van der Waals surface area contributed by atoms with Gasteiger partial charge in [0.05, 0.1) is 10.6 Å². The minimum Gasteiger partial charge on any atom is -0.393 e. The minimum absolute atomic E-state index is 0.0160. The average Bonchev–Trinajstić information content (AvgIpc) is 2.40. The largest absolute Gasteiger partial charge is 0.393 e. The summed E-state index contributed by atoms with van der Waals surface area (Å²) in [6.07, 6.45) is 5.96. The minimum atomic E-state index is -0.665. The van der Waals surface area contributed by atoms with Crippen molar-refractivity contribution in [2.75, 3.05) is 0 Å². The van der Waals surface area contributed by atoms with Gasteiger partial charge in [0.1, 0.15) is 11.6 Å². The summed E-state index contributed by atoms with van der Waals surface area (Å²) in [5.74, 6) is -0.673. The molecular weight excluding hydrogens is 314 g/mol. The number of benzene rings is 1. The van der Waals surface area contributed by atoms with E-state index in [2.05, 4.69) is 15.9 Å². The Morgan fingerprint density at radius 2 is 1.89 bits per heavy atom. The van der Waals surface area contributed by atoms with Crippen molar-refractivity contribution in [3.63, 3.8) is 0 Å². The average molecular weight is 333 g/mol. The predicted octanol–water partition coefficient (Wildman–Crippen LogP) is 4.60. The Kier molecular flexibility index (Phi) is 5.34. The van der Waals surface area contributed by atoms with Crippen LogP contribution in [0.15, 0.2) is 16.6 Å². The van der Waals surface area contributed by atoms with Crippen LogP contribution >= 0.6 is 15.9 Å². The van der Waals surface area contributed by atoms with Gasteiger partial charge in [-0.2, -0.15) is 0 Å². The van der Waals surface area contributed by atoms with E-state index < -0.39 is 17.7 Å². The molecule has 0 spiro atoms. The van der Waals surface area contributed by atoms with Crippen molar-refractivity contribution >= 4 is 15.9 Å². The first-order chi connectivity index (χ1) is 9.08. The van der Waals surface area contributed by atoms with Crippen LogP contribution in [-0.2, 0) is 6.42 Å². The molecular formula is C15H19BrF2O. The van der Waals surface area contributed by atoms with Crippen LogP contribution < -0.4 is 0 Å². The first-order valence-electron chi connectivity index (χ1n) is 6.88. The van der Waals surface area contributed by atoms with Gasteiger partial charge >= 0.3 is 0 Å². The Labute approximate surface area is 121 Å². The third-order valence-electron chi connectivity index (χ3n) is 3.91. The molecule has 1 nitrogen and oxygen atoms in total. The van der Waals surface area contributed by atoms with Crippen LogP contribution in [0, 0.1) is 17.6 Å². The molecule has 0 aliphatic heterocycles. The molecule has 2 rings (SSSR count). The second-order valence-electron chi connectivity index (χ2n) is 5.42. The lowest BCUT2D eigenvalue weighted by molar-refractivity contribution is 0.128. The maximum atomic E-state index is 13.8. The van der Waals surface area contributed by atoms with Crippen LogP contribution in [0.1, 0.15) is 44.1 Å². The monoisotopic (exact) mass is 332 g/mol. The van der Waals surface area contributed by atoms with Crippen molar-refractivity contribution in [2.45, 2.75) is 51.0 Å². The fourth-order valence-electron chi connectivity index (χ4n) is 2.88. The van der Waals surface area contributed by atoms with E-state index >= 15 is 0 Å². The molecule has 1 aromatic carbocycles. The van der Waals surface area contributed by atoms with Crippen molar-refractivity contribution in [2.24, 2.45) is 5.92 Å². The van der Waals surface area contributed by atoms with Gasteiger partial charge in [0.2, 0.25) is 0 Å². The van der Waals surface area contributed by atoms with Gasteiger partial charge in [-0.15, -0.1) is 0 Å². The quantitative estimate of drug-likeness (QED) is 0.799. The molecule has 1 aliphatic rings. The Morgan fingerprint density at radius 1 is 1.21 bits per heavy atom. The first-order valence-corrected chi connectivity index (χ1v) is 7.67. The Morgan fingerprint density at radius 3 is 2.58 bits per heavy atom. The number of aliphatic hydroxyl groups excluding tert-OH is 1. The van der Waals surface area contributed by atoms with Gasteiger partial charge in [0, 0.05) is 12.0 Å². The highest BCUT2D eigenvalue weighted by molar-refractivity contribution is 9.10. The number of rotatable bonds is 4. The van der Waals surface area contributed by atoms with Crippen molar-refractivity contribution in [1.82, 2.24) is 0 Å². The molecule has 19 heavy (non-hydrogen) atoms. The van der Waals surface area contributed by atoms with E-state index in [4.69, 9.17) is 0 Å². The summed E-state index contributed by atoms with van der Waals surface area (Å²) in [4.78, 5) is 0. The van der Waals surface area contributed by atoms with E-state index in [0.717, 1.165) is 12.8 Å². The molecule has 1 atom stereocenters. The van der Waals surface area contributed by atoms with Crippen molar-refractivity contribution in [1.29, 1.82) is 0 Å². The number of aliphatic hydroxyl groups is 1. The second-order valence-corrected chi connectivity index (χ2v) is 6.27. The SMILES string of the molecule is OC(Cc1c(F)ccc(Br)c1F)CC1CCCCC1. The maximum absolute atomic E-state index is 13.8. The van der Waals surface area contributed by atoms with Crippen molar-refractivity contribution in [3.05, 3.63) is 33.8 Å². The van der Waals surface area contributed by atoms with Gasteiger partial charge in [-0.1, -0.05) is 32.1 Å². The van der Waals surface area contributed by atoms with E-state index in [0.29, 0.717) is 12.3 Å². The highest BCUT2D eigenvalue weighted by Gasteiger charge is 2.21. The summed E-state index contributed by atoms with van der Waals surface area (Å²) in [5, 5.41) is 10.0. The number of hydrogen-bond acceptors (Lipinski definition) is 1. The summed E-state index contributed by atoms with van der Waals surface area (Å²) >= 11 is 3.05. The van der Waals surface area contributed by atoms with E-state index in [1.54, 1.807) is 0 Å². The first kappa shape index (κ1) is 14.9. The zero-order chi connectivity index (χ0) is 13.8. The highest BCUT2D eigenvalue weighted by atomic mass is 79.9. The Hall–Kier alpha value is -0.480. The number of halogens is 3. The van der Waals surface area contributed by atoms with E-state index in [-0.39, 0.29) is 16.5 Å². The van der Waals surface area contributed by atoms with Crippen LogP contribution in [0.2, 0.25) is 0 Å². The molecule has 0 radical (unpaired) electrons. The van der Waals surface area contributed by atoms with Crippen LogP contribution in [0.25, 0.3) is 0 Å². The molecule has 1 saturated carbocycles. The van der Waals surface area contributed by atoms with Gasteiger partial charge in [-0.05, 0) is 40.4 Å². The third-order valence-corrected chi connectivity index (χ3v) is 4.52. The Bertz CT molecular complexity index is 430. The van der Waals surface area contributed by atoms with Gasteiger partial charge in [0.15, 0.2) is 0 Å². The fourth-order valence-corrected chi connectivity index (χ4v) is 3.25. The molecule has 0 saturated heterocycles. The van der Waals surface area contributed by atoms with Gasteiger partial charge < -0.3 is 5.11 Å². The number of hydrogen-bond donors (Lipinski definition) is 1. The molecule has 0 aromatic heterocycles. The molecule has 1 aliphatic carbocycles. The molecule has 0 amide bonds. The van der Waals surface area contributed by atoms with E-state index in [9.17, 15) is 13.9 Å². The lowest BCUT2D eigenvalue weighted by Crippen LogP contribution is -2.19. The summed E-state index contributed by atoms with van der Waals surface area (Å²) < 4.78 is 27.6. The standard InChI is InChI=1S/C15H19BrF2O/c16-13-6-7-14(17)12(15(13)18)9-11(19)8-10-4-2-1-3-5-10/h6-7,10-11,19H,1-5,8-9H2. The van der Waals surface area contributed by atoms with E-state index in [1.807, 2.05) is 0 Å². The fraction of sp³-hybridized carbons (Fsp3) is 0.600. The predicted molar refractivity (Wildman–Crippen MR) is 75.0 cm³/mol. The molecule has 0 heterocycles. The zero-order valence-electron chi connectivity index (χ0n) is 10.8. The summed E-state index contributed by atoms with van der Waals surface area (Å²) in [5.41, 5.74) is -0.0160. The zero-order valence-corrected chi connectivity index (χ0v) is 12.4. The van der Waals surface area contributed by atoms with Crippen LogP contribution in [0.3, 0.4) is 0 Å². The smallest absolute Gasteiger partial charge is 0.143 e. The molecule has 0 bridgehead atoms. The second kappa shape index (κ2) is 6.80. The van der Waals surface area contributed by atoms with Crippen LogP contribution in [0.4, 0.5) is 8.78 Å². The topological polar surface area (TPSA) is 20.2 Å². The van der Waals surface area contributed by atoms with Crippen LogP contribution in [0.5, 0.6) is 0 Å². The summed E-state index contributed by atoms with van der Waals surface area (Å²) in [6, 6.07) is 2.58. The highest BCUT2D eigenvalue weighted by Crippen LogP contribution is 2.29. The van der Waals surface area contributed by atoms with Gasteiger partial charge in [0.25, 0.3) is 0 Å². The lowest BCUT2D eigenvalue weighted by atomic mass is 9.84. The molecule has 106 valence electrons. The van der Waals surface area contributed by atoms with E-state index in [1.165, 1.54) is 31.4 Å². The molecule has 4 heteroatoms. The summed E-state index contributed by atoms with van der Waals surface area (Å²) in [6.45, 7) is 0. The molecule has 1 N–H and O–H groups in total. The lowest BCUT2D eigenvalue weighted by Gasteiger charge is -2.24. The van der Waals surface area contributed by atoms with Crippen LogP contribution in [-0.4, -0.2) is 11.2 Å². The summed E-state index contributed by atoms with van der Waals surface area (Å²) in [7, 11) is 0. The maximum Gasteiger partial charge on any atom is 0.143 e. The normalized spacial score (nSPS) is 18.5. The third kappa shape index (κ3) is 3.99. The Balaban J connectivity index is 1.98. The van der Waals surface area contributed by atoms with Gasteiger partial charge in [-0.3, -0.25) is 0 Å². The molecule has 1 fully saturated rings. The molecule has 1 unspecified atom stereocenters. The van der Waals surface area contributed by atoms with Crippen molar-refractivity contribution < 1.29 is 13.9 Å². The van der Waals surface area contributed by atoms with Gasteiger partial charge in [-0.25, -0.2) is 8.78 Å². The molecule has 1 aromatic rings.